The van der Waals surface area contributed by atoms with Gasteiger partial charge in [-0.3, -0.25) is 0 Å². The van der Waals surface area contributed by atoms with Crippen LogP contribution < -0.4 is 5.73 Å². The second-order valence-corrected chi connectivity index (χ2v) is 10.4. The summed E-state index contributed by atoms with van der Waals surface area (Å²) in [6.45, 7) is 5.97. The molecule has 0 amide bonds. The van der Waals surface area contributed by atoms with Gasteiger partial charge < -0.3 is 5.73 Å². The average Bonchev–Trinajstić information content (AvgIpc) is 2.14. The molecule has 0 aromatic heterocycles. The van der Waals surface area contributed by atoms with E-state index < -0.39 is 8.07 Å². The molecule has 2 N–H and O–H groups in total. The zero-order valence-electron chi connectivity index (χ0n) is 9.01. The zero-order valence-corrected chi connectivity index (χ0v) is 10.8. The average molecular weight is 222 g/mol. The van der Waals surface area contributed by atoms with Crippen molar-refractivity contribution in [3.05, 3.63) is 0 Å². The summed E-state index contributed by atoms with van der Waals surface area (Å²) in [4.78, 5) is 0. The van der Waals surface area contributed by atoms with Crippen LogP contribution in [0.3, 0.4) is 0 Å². The summed E-state index contributed by atoms with van der Waals surface area (Å²) in [5, 5.41) is 0. The van der Waals surface area contributed by atoms with E-state index in [1.807, 2.05) is 0 Å². The summed E-state index contributed by atoms with van der Waals surface area (Å²) in [6, 6.07) is 3.09. The van der Waals surface area contributed by atoms with Gasteiger partial charge in [0.15, 0.2) is 0 Å². The van der Waals surface area contributed by atoms with Crippen molar-refractivity contribution in [2.45, 2.75) is 50.9 Å². The lowest BCUT2D eigenvalue weighted by Crippen LogP contribution is -2.23. The maximum absolute atomic E-state index is 5.59. The van der Waals surface area contributed by atoms with Crippen molar-refractivity contribution in [2.75, 3.05) is 6.54 Å². The van der Waals surface area contributed by atoms with Crippen molar-refractivity contribution in [1.29, 1.82) is 0 Å². The van der Waals surface area contributed by atoms with E-state index in [9.17, 15) is 0 Å². The Balaban J connectivity index is 0.00000144. The van der Waals surface area contributed by atoms with E-state index >= 15 is 0 Å². The van der Waals surface area contributed by atoms with Gasteiger partial charge in [0.2, 0.25) is 0 Å². The Hall–Kier alpha value is 0.467. The molecule has 0 aromatic carbocycles. The molecular weight excluding hydrogens is 198 g/mol. The molecule has 1 unspecified atom stereocenters. The van der Waals surface area contributed by atoms with Crippen LogP contribution in [0.25, 0.3) is 0 Å². The molecule has 0 aliphatic carbocycles. The van der Waals surface area contributed by atoms with Crippen LogP contribution in [-0.4, -0.2) is 14.6 Å². The minimum atomic E-state index is -0.752. The van der Waals surface area contributed by atoms with Gasteiger partial charge in [0, 0.05) is 8.07 Å². The minimum Gasteiger partial charge on any atom is -0.330 e. The Kier molecular flexibility index (Phi) is 6.26. The maximum Gasteiger partial charge on any atom is 0.0473 e. The highest BCUT2D eigenvalue weighted by molar-refractivity contribution is 6.77. The summed E-state index contributed by atoms with van der Waals surface area (Å²) in [6.07, 6.45) is 5.67. The van der Waals surface area contributed by atoms with Crippen molar-refractivity contribution >= 4 is 20.5 Å². The van der Waals surface area contributed by atoms with Crippen molar-refractivity contribution < 1.29 is 0 Å². The second kappa shape index (κ2) is 6.05. The fourth-order valence-electron chi connectivity index (χ4n) is 2.26. The summed E-state index contributed by atoms with van der Waals surface area (Å²) in [7, 11) is -0.752. The van der Waals surface area contributed by atoms with Crippen LogP contribution in [0.5, 0.6) is 0 Å². The first-order chi connectivity index (χ1) is 5.64. The Morgan fingerprint density at radius 1 is 1.23 bits per heavy atom. The lowest BCUT2D eigenvalue weighted by Gasteiger charge is -2.19. The normalized spacial score (nSPS) is 27.5. The molecule has 1 nitrogen and oxygen atoms in total. The monoisotopic (exact) mass is 221 g/mol. The zero-order chi connectivity index (χ0) is 9.03. The van der Waals surface area contributed by atoms with Gasteiger partial charge in [-0.1, -0.05) is 44.4 Å². The van der Waals surface area contributed by atoms with Gasteiger partial charge in [0.25, 0.3) is 0 Å². The predicted octanol–water partition coefficient (Wildman–Crippen LogP) is 3.27. The molecule has 1 atom stereocenters. The fourth-order valence-corrected chi connectivity index (χ4v) is 4.86. The standard InChI is InChI=1S/C10H23NSi.ClH/c1-12(2)8-3-4-10(5-7-11)6-9-12;/h10H,3-9,11H2,1-2H3;1H. The molecule has 1 aliphatic heterocycles. The molecule has 1 saturated heterocycles. The molecule has 80 valence electrons. The summed E-state index contributed by atoms with van der Waals surface area (Å²) in [5.74, 6) is 0.962. The molecule has 3 heteroatoms. The Bertz CT molecular complexity index is 139. The third-order valence-corrected chi connectivity index (χ3v) is 6.62. The molecule has 0 saturated carbocycles. The van der Waals surface area contributed by atoms with Crippen LogP contribution >= 0.6 is 12.4 Å². The largest absolute Gasteiger partial charge is 0.330 e. The van der Waals surface area contributed by atoms with Crippen LogP contribution in [-0.2, 0) is 0 Å². The lowest BCUT2D eigenvalue weighted by atomic mass is 9.97. The molecule has 0 bridgehead atoms. The van der Waals surface area contributed by atoms with Crippen LogP contribution in [0.4, 0.5) is 0 Å². The SMILES string of the molecule is C[Si]1(C)CCCC(CCN)CC1.Cl. The first-order valence-electron chi connectivity index (χ1n) is 5.34. The van der Waals surface area contributed by atoms with Gasteiger partial charge in [0.05, 0.1) is 0 Å². The first-order valence-corrected chi connectivity index (χ1v) is 8.75. The third-order valence-electron chi connectivity index (χ3n) is 3.27. The molecule has 0 aromatic rings. The molecule has 0 spiro atoms. The van der Waals surface area contributed by atoms with Gasteiger partial charge in [-0.2, -0.15) is 0 Å². The smallest absolute Gasteiger partial charge is 0.0473 e. The van der Waals surface area contributed by atoms with Crippen molar-refractivity contribution in [3.8, 4) is 0 Å². The maximum atomic E-state index is 5.59. The van der Waals surface area contributed by atoms with E-state index in [2.05, 4.69) is 13.1 Å². The highest BCUT2D eigenvalue weighted by Gasteiger charge is 2.25. The number of hydrogen-bond donors (Lipinski definition) is 1. The number of rotatable bonds is 2. The van der Waals surface area contributed by atoms with Gasteiger partial charge >= 0.3 is 0 Å². The topological polar surface area (TPSA) is 26.0 Å². The Morgan fingerprint density at radius 2 is 1.92 bits per heavy atom. The van der Waals surface area contributed by atoms with E-state index in [1.165, 1.54) is 31.7 Å². The summed E-state index contributed by atoms with van der Waals surface area (Å²) in [5.41, 5.74) is 5.59. The third kappa shape index (κ3) is 5.04. The van der Waals surface area contributed by atoms with Crippen LogP contribution in [0, 0.1) is 5.92 Å². The summed E-state index contributed by atoms with van der Waals surface area (Å²) < 4.78 is 0. The van der Waals surface area contributed by atoms with Crippen LogP contribution in [0.2, 0.25) is 25.2 Å². The summed E-state index contributed by atoms with van der Waals surface area (Å²) >= 11 is 0. The van der Waals surface area contributed by atoms with E-state index in [1.54, 1.807) is 6.04 Å². The second-order valence-electron chi connectivity index (χ2n) is 5.04. The van der Waals surface area contributed by atoms with Crippen LogP contribution in [0.1, 0.15) is 25.7 Å². The molecule has 1 aliphatic rings. The number of nitrogens with two attached hydrogens (primary N) is 1. The highest BCUT2D eigenvalue weighted by Crippen LogP contribution is 2.31. The molecule has 1 heterocycles. The van der Waals surface area contributed by atoms with E-state index in [0.29, 0.717) is 0 Å². The van der Waals surface area contributed by atoms with Gasteiger partial charge in [-0.25, -0.2) is 0 Å². The van der Waals surface area contributed by atoms with Crippen molar-refractivity contribution in [3.63, 3.8) is 0 Å². The lowest BCUT2D eigenvalue weighted by molar-refractivity contribution is 0.446. The Morgan fingerprint density at radius 3 is 2.54 bits per heavy atom. The molecule has 1 fully saturated rings. The molecule has 13 heavy (non-hydrogen) atoms. The van der Waals surface area contributed by atoms with Gasteiger partial charge in [-0.15, -0.1) is 12.4 Å². The highest BCUT2D eigenvalue weighted by atomic mass is 35.5. The minimum absolute atomic E-state index is 0. The van der Waals surface area contributed by atoms with Crippen LogP contribution in [0.15, 0.2) is 0 Å². The molecular formula is C10H24ClNSi. The Labute approximate surface area is 89.9 Å². The van der Waals surface area contributed by atoms with Crippen molar-refractivity contribution in [1.82, 2.24) is 0 Å². The number of halogens is 1. The van der Waals surface area contributed by atoms with E-state index in [-0.39, 0.29) is 12.4 Å². The molecule has 1 rings (SSSR count). The van der Waals surface area contributed by atoms with Gasteiger partial charge in [0.1, 0.15) is 0 Å². The molecule has 0 radical (unpaired) electrons. The van der Waals surface area contributed by atoms with Crippen molar-refractivity contribution in [2.24, 2.45) is 11.7 Å². The quantitative estimate of drug-likeness (QED) is 0.712. The van der Waals surface area contributed by atoms with E-state index in [4.69, 9.17) is 5.73 Å². The first kappa shape index (κ1) is 13.5. The predicted molar refractivity (Wildman–Crippen MR) is 65.4 cm³/mol. The fraction of sp³-hybridized carbons (Fsp3) is 1.00. The number of hydrogen-bond acceptors (Lipinski definition) is 1. The van der Waals surface area contributed by atoms with Gasteiger partial charge in [-0.05, 0) is 18.9 Å². The van der Waals surface area contributed by atoms with E-state index in [0.717, 1.165) is 12.5 Å².